The molecule has 0 fully saturated rings. The van der Waals surface area contributed by atoms with E-state index in [1.165, 1.54) is 5.56 Å². The first-order valence-electron chi connectivity index (χ1n) is 9.45. The second-order valence-electron chi connectivity index (χ2n) is 6.67. The van der Waals surface area contributed by atoms with Crippen molar-refractivity contribution in [3.63, 3.8) is 0 Å². The van der Waals surface area contributed by atoms with Crippen molar-refractivity contribution in [1.29, 1.82) is 0 Å². The van der Waals surface area contributed by atoms with Crippen LogP contribution in [0.4, 0.5) is 0 Å². The molecule has 2 atom stereocenters. The third kappa shape index (κ3) is 6.46. The lowest BCUT2D eigenvalue weighted by Crippen LogP contribution is -2.32. The van der Waals surface area contributed by atoms with Gasteiger partial charge in [-0.25, -0.2) is 5.48 Å². The van der Waals surface area contributed by atoms with E-state index in [0.717, 1.165) is 30.6 Å². The fraction of sp³-hybridized carbons (Fsp3) is 0.409. The van der Waals surface area contributed by atoms with Gasteiger partial charge >= 0.3 is 0 Å². The number of thioether (sulfide) groups is 1. The normalized spacial score (nSPS) is 12.9. The van der Waals surface area contributed by atoms with Crippen LogP contribution in [0.5, 0.6) is 11.5 Å². The number of carbonyl (C=O) groups excluding carboxylic acids is 1. The lowest BCUT2D eigenvalue weighted by molar-refractivity contribution is -0.132. The quantitative estimate of drug-likeness (QED) is 0.246. The first-order chi connectivity index (χ1) is 13.6. The van der Waals surface area contributed by atoms with E-state index in [1.54, 1.807) is 31.5 Å². The first-order valence-corrected chi connectivity index (χ1v) is 10.3. The fourth-order valence-electron chi connectivity index (χ4n) is 3.07. The van der Waals surface area contributed by atoms with Crippen molar-refractivity contribution in [1.82, 2.24) is 5.48 Å². The molecule has 2 aromatic carbocycles. The predicted molar refractivity (Wildman–Crippen MR) is 112 cm³/mol. The van der Waals surface area contributed by atoms with Crippen LogP contribution in [-0.4, -0.2) is 30.6 Å². The van der Waals surface area contributed by atoms with E-state index in [1.807, 2.05) is 31.2 Å². The summed E-state index contributed by atoms with van der Waals surface area (Å²) in [6.45, 7) is 1.85. The van der Waals surface area contributed by atoms with Crippen molar-refractivity contribution in [3.8, 4) is 11.5 Å². The highest BCUT2D eigenvalue weighted by atomic mass is 32.2. The molecule has 0 spiro atoms. The van der Waals surface area contributed by atoms with Gasteiger partial charge in [-0.15, -0.1) is 11.8 Å². The van der Waals surface area contributed by atoms with Crippen molar-refractivity contribution in [3.05, 3.63) is 54.1 Å². The summed E-state index contributed by atoms with van der Waals surface area (Å²) in [7, 11) is 3.21. The molecule has 0 saturated carbocycles. The molecule has 0 unspecified atom stereocenters. The number of benzene rings is 2. The third-order valence-electron chi connectivity index (χ3n) is 4.77. The smallest absolute Gasteiger partial charge is 0.247 e. The zero-order valence-electron chi connectivity index (χ0n) is 16.7. The summed E-state index contributed by atoms with van der Waals surface area (Å²) in [5.41, 5.74) is 3.12. The van der Waals surface area contributed by atoms with E-state index in [9.17, 15) is 4.79 Å². The Bertz CT molecular complexity index is 739. The van der Waals surface area contributed by atoms with Crippen molar-refractivity contribution >= 4 is 17.7 Å². The summed E-state index contributed by atoms with van der Waals surface area (Å²) < 4.78 is 10.7. The molecule has 0 heterocycles. The van der Waals surface area contributed by atoms with E-state index in [0.29, 0.717) is 11.5 Å². The summed E-state index contributed by atoms with van der Waals surface area (Å²) in [5, 5.41) is 9.09. The average Bonchev–Trinajstić information content (AvgIpc) is 2.75. The standard InChI is InChI=1S/C22H29NO4S/c1-16(22(24)23-25)21(12-8-7-11-17-9-5-4-6-10-17)28-18-13-14-19(26-2)20(15-18)27-3/h4-6,9-10,13-16,21,25H,7-8,11-12H2,1-3H3,(H,23,24)/t16-,21+/m0/s1. The van der Waals surface area contributed by atoms with Crippen molar-refractivity contribution in [2.75, 3.05) is 14.2 Å². The van der Waals surface area contributed by atoms with Crippen molar-refractivity contribution in [2.24, 2.45) is 5.92 Å². The van der Waals surface area contributed by atoms with Crippen LogP contribution in [0.2, 0.25) is 0 Å². The van der Waals surface area contributed by atoms with E-state index in [2.05, 4.69) is 24.3 Å². The number of methoxy groups -OCH3 is 2. The van der Waals surface area contributed by atoms with E-state index in [4.69, 9.17) is 14.7 Å². The van der Waals surface area contributed by atoms with Gasteiger partial charge in [0.1, 0.15) is 0 Å². The zero-order chi connectivity index (χ0) is 20.4. The highest BCUT2D eigenvalue weighted by Crippen LogP contribution is 2.37. The predicted octanol–water partition coefficient (Wildman–Crippen LogP) is 4.72. The number of hydrogen-bond acceptors (Lipinski definition) is 5. The summed E-state index contributed by atoms with van der Waals surface area (Å²) in [4.78, 5) is 13.0. The lowest BCUT2D eigenvalue weighted by atomic mass is 10.00. The van der Waals surface area contributed by atoms with Gasteiger partial charge in [-0.2, -0.15) is 0 Å². The summed E-state index contributed by atoms with van der Waals surface area (Å²) in [6.07, 6.45) is 3.96. The van der Waals surface area contributed by atoms with Crippen LogP contribution >= 0.6 is 11.8 Å². The molecular formula is C22H29NO4S. The minimum absolute atomic E-state index is 0.0426. The molecule has 0 aliphatic rings. The molecule has 0 bridgehead atoms. The van der Waals surface area contributed by atoms with Crippen molar-refractivity contribution in [2.45, 2.75) is 42.8 Å². The van der Waals surface area contributed by atoms with E-state index < -0.39 is 0 Å². The topological polar surface area (TPSA) is 67.8 Å². The van der Waals surface area contributed by atoms with Crippen LogP contribution in [0.1, 0.15) is 31.7 Å². The van der Waals surface area contributed by atoms with Crippen molar-refractivity contribution < 1.29 is 19.5 Å². The average molecular weight is 404 g/mol. The Labute approximate surface area is 171 Å². The third-order valence-corrected chi connectivity index (χ3v) is 6.24. The fourth-order valence-corrected chi connectivity index (χ4v) is 4.35. The molecule has 2 N–H and O–H groups in total. The first kappa shape index (κ1) is 22.1. The Balaban J connectivity index is 2.01. The molecule has 6 heteroatoms. The highest BCUT2D eigenvalue weighted by Gasteiger charge is 2.25. The van der Waals surface area contributed by atoms with Crippen LogP contribution in [0.15, 0.2) is 53.4 Å². The molecule has 0 aliphatic heterocycles. The molecule has 1 amide bonds. The van der Waals surface area contributed by atoms with Gasteiger partial charge in [0.15, 0.2) is 11.5 Å². The maximum atomic E-state index is 12.0. The minimum Gasteiger partial charge on any atom is -0.493 e. The number of aryl methyl sites for hydroxylation is 1. The molecule has 0 saturated heterocycles. The Morgan fingerprint density at radius 3 is 2.43 bits per heavy atom. The molecule has 5 nitrogen and oxygen atoms in total. The van der Waals surface area contributed by atoms with Crippen LogP contribution in [0, 0.1) is 5.92 Å². The van der Waals surface area contributed by atoms with Gasteiger partial charge < -0.3 is 9.47 Å². The number of ether oxygens (including phenoxy) is 2. The highest BCUT2D eigenvalue weighted by molar-refractivity contribution is 8.00. The number of rotatable bonds is 11. The van der Waals surface area contributed by atoms with E-state index >= 15 is 0 Å². The molecular weight excluding hydrogens is 374 g/mol. The Hall–Kier alpha value is -2.18. The summed E-state index contributed by atoms with van der Waals surface area (Å²) in [6, 6.07) is 16.2. The monoisotopic (exact) mass is 403 g/mol. The van der Waals surface area contributed by atoms with Gasteiger partial charge in [-0.1, -0.05) is 43.7 Å². The molecule has 2 aromatic rings. The number of nitrogens with one attached hydrogen (secondary N) is 1. The minimum atomic E-state index is -0.360. The Morgan fingerprint density at radius 1 is 1.07 bits per heavy atom. The van der Waals surface area contributed by atoms with Crippen LogP contribution in [0.25, 0.3) is 0 Å². The van der Waals surface area contributed by atoms with Crippen LogP contribution in [-0.2, 0) is 11.2 Å². The second-order valence-corrected chi connectivity index (χ2v) is 7.98. The number of hydroxylamine groups is 1. The van der Waals surface area contributed by atoms with Gasteiger partial charge in [-0.3, -0.25) is 10.0 Å². The van der Waals surface area contributed by atoms with Gasteiger partial charge in [0.2, 0.25) is 5.91 Å². The maximum absolute atomic E-state index is 12.0. The number of hydrogen-bond donors (Lipinski definition) is 2. The Morgan fingerprint density at radius 2 is 1.79 bits per heavy atom. The van der Waals surface area contributed by atoms with Gasteiger partial charge in [0.05, 0.1) is 14.2 Å². The summed E-state index contributed by atoms with van der Waals surface area (Å²) >= 11 is 1.63. The molecule has 0 aromatic heterocycles. The van der Waals surface area contributed by atoms with Gasteiger partial charge in [-0.05, 0) is 43.0 Å². The van der Waals surface area contributed by atoms with E-state index in [-0.39, 0.29) is 17.1 Å². The number of amides is 1. The number of unbranched alkanes of at least 4 members (excludes halogenated alkanes) is 1. The summed E-state index contributed by atoms with van der Waals surface area (Å²) in [5.74, 6) is 0.655. The zero-order valence-corrected chi connectivity index (χ0v) is 17.5. The van der Waals surface area contributed by atoms with Crippen LogP contribution in [0.3, 0.4) is 0 Å². The molecule has 28 heavy (non-hydrogen) atoms. The maximum Gasteiger partial charge on any atom is 0.247 e. The SMILES string of the molecule is COc1ccc(S[C@H](CCCCc2ccccc2)[C@H](C)C(=O)NO)cc1OC. The lowest BCUT2D eigenvalue weighted by Gasteiger charge is -2.22. The second kappa shape index (κ2) is 11.6. The molecule has 0 aliphatic carbocycles. The van der Waals surface area contributed by atoms with Gasteiger partial charge in [0, 0.05) is 16.1 Å². The van der Waals surface area contributed by atoms with Gasteiger partial charge in [0.25, 0.3) is 0 Å². The largest absolute Gasteiger partial charge is 0.493 e. The Kier molecular flexibility index (Phi) is 9.17. The molecule has 0 radical (unpaired) electrons. The van der Waals surface area contributed by atoms with Crippen LogP contribution < -0.4 is 15.0 Å². The number of carbonyl (C=O) groups is 1. The molecule has 152 valence electrons. The molecule has 2 rings (SSSR count).